The van der Waals surface area contributed by atoms with Crippen molar-refractivity contribution in [2.45, 2.75) is 37.8 Å². The van der Waals surface area contributed by atoms with Crippen molar-refractivity contribution in [1.29, 1.82) is 0 Å². The first-order valence-corrected chi connectivity index (χ1v) is 10.1. The highest BCUT2D eigenvalue weighted by molar-refractivity contribution is 7.49. The number of nitrogens with one attached hydrogen (secondary N) is 1. The Morgan fingerprint density at radius 2 is 2.03 bits per heavy atom. The lowest BCUT2D eigenvalue weighted by Crippen LogP contribution is -2.45. The Bertz CT molecular complexity index is 1150. The molecular formula is C16H15F2N2O9P. The maximum Gasteiger partial charge on any atom is 0.534 e. The summed E-state index contributed by atoms with van der Waals surface area (Å²) in [5.41, 5.74) is -1.94. The van der Waals surface area contributed by atoms with Crippen molar-refractivity contribution in [3.8, 4) is 5.75 Å². The van der Waals surface area contributed by atoms with Crippen LogP contribution in [0, 0.1) is 11.6 Å². The first-order chi connectivity index (χ1) is 14.1. The van der Waals surface area contributed by atoms with Crippen molar-refractivity contribution in [2.75, 3.05) is 0 Å². The molecule has 4 rings (SSSR count). The first-order valence-electron chi connectivity index (χ1n) is 8.61. The third-order valence-electron chi connectivity index (χ3n) is 4.51. The molecule has 0 saturated carbocycles. The Morgan fingerprint density at radius 3 is 2.80 bits per heavy atom. The van der Waals surface area contributed by atoms with Crippen LogP contribution in [0.15, 0.2) is 34.0 Å². The van der Waals surface area contributed by atoms with Gasteiger partial charge in [-0.3, -0.25) is 18.9 Å². The first kappa shape index (κ1) is 20.8. The molecule has 14 heteroatoms. The van der Waals surface area contributed by atoms with Gasteiger partial charge in [0.2, 0.25) is 5.82 Å². The fourth-order valence-electron chi connectivity index (χ4n) is 3.09. The van der Waals surface area contributed by atoms with Gasteiger partial charge in [0, 0.05) is 5.56 Å². The zero-order valence-corrected chi connectivity index (χ0v) is 15.9. The molecule has 2 aliphatic rings. The van der Waals surface area contributed by atoms with Crippen molar-refractivity contribution in [3.63, 3.8) is 0 Å². The highest BCUT2D eigenvalue weighted by atomic mass is 31.2. The predicted molar refractivity (Wildman–Crippen MR) is 92.1 cm³/mol. The molecule has 0 aliphatic carbocycles. The van der Waals surface area contributed by atoms with Crippen LogP contribution < -0.4 is 15.8 Å². The lowest BCUT2D eigenvalue weighted by Gasteiger charge is -2.32. The number of rotatable bonds is 4. The average Bonchev–Trinajstić information content (AvgIpc) is 3.15. The number of ether oxygens (including phenoxy) is 1. The van der Waals surface area contributed by atoms with Gasteiger partial charge in [-0.2, -0.15) is 4.39 Å². The second-order valence-electron chi connectivity index (χ2n) is 6.61. The third-order valence-corrected chi connectivity index (χ3v) is 5.87. The van der Waals surface area contributed by atoms with Gasteiger partial charge >= 0.3 is 19.5 Å². The van der Waals surface area contributed by atoms with Crippen molar-refractivity contribution in [1.82, 2.24) is 9.55 Å². The number of phosphoric ester groups is 1. The van der Waals surface area contributed by atoms with Crippen LogP contribution in [0.3, 0.4) is 0 Å². The van der Waals surface area contributed by atoms with Gasteiger partial charge in [-0.1, -0.05) is 0 Å². The molecule has 11 nitrogen and oxygen atoms in total. The highest BCUT2D eigenvalue weighted by Crippen LogP contribution is 2.57. The number of hydrogen-bond donors (Lipinski definition) is 3. The average molecular weight is 448 g/mol. The molecule has 3 unspecified atom stereocenters. The number of nitrogens with zero attached hydrogens (tertiary/aromatic N) is 1. The Kier molecular flexibility index (Phi) is 5.12. The van der Waals surface area contributed by atoms with Gasteiger partial charge in [0.05, 0.1) is 12.8 Å². The van der Waals surface area contributed by atoms with Crippen LogP contribution in [0.5, 0.6) is 5.75 Å². The van der Waals surface area contributed by atoms with E-state index in [0.717, 1.165) is 16.7 Å². The zero-order valence-electron chi connectivity index (χ0n) is 15.0. The molecule has 3 heterocycles. The summed E-state index contributed by atoms with van der Waals surface area (Å²) in [6.45, 7) is -0.374. The van der Waals surface area contributed by atoms with E-state index in [1.54, 1.807) is 4.98 Å². The molecule has 0 spiro atoms. The summed E-state index contributed by atoms with van der Waals surface area (Å²) in [6.07, 6.45) is -2.16. The number of aromatic amines is 1. The Hall–Kier alpha value is -2.41. The molecule has 1 aromatic carbocycles. The number of hydrogen-bond acceptors (Lipinski definition) is 9. The SMILES string of the molecule is O=c1[nH]c(=O)n(C2CCC(C(O)(O)OP3(=O)OCc4cc(F)ccc4O3)O2)cc1F. The molecule has 30 heavy (non-hydrogen) atoms. The van der Waals surface area contributed by atoms with Crippen LogP contribution in [0.4, 0.5) is 8.78 Å². The molecule has 3 atom stereocenters. The van der Waals surface area contributed by atoms with Crippen molar-refractivity contribution >= 4 is 7.82 Å². The molecule has 1 fully saturated rings. The topological polar surface area (TPSA) is 149 Å². The molecule has 1 saturated heterocycles. The molecule has 1 aromatic heterocycles. The molecule has 0 radical (unpaired) electrons. The van der Waals surface area contributed by atoms with E-state index in [9.17, 15) is 33.1 Å². The fraction of sp³-hybridized carbons (Fsp3) is 0.375. The summed E-state index contributed by atoms with van der Waals surface area (Å²) < 4.78 is 60.2. The van der Waals surface area contributed by atoms with E-state index in [1.807, 2.05) is 0 Å². The quantitative estimate of drug-likeness (QED) is 0.457. The second-order valence-corrected chi connectivity index (χ2v) is 8.13. The monoisotopic (exact) mass is 448 g/mol. The van der Waals surface area contributed by atoms with Gasteiger partial charge in [-0.15, -0.1) is 0 Å². The number of halogens is 2. The Balaban J connectivity index is 1.49. The summed E-state index contributed by atoms with van der Waals surface area (Å²) in [5.74, 6) is -5.01. The summed E-state index contributed by atoms with van der Waals surface area (Å²) in [6, 6.07) is 3.32. The van der Waals surface area contributed by atoms with E-state index in [2.05, 4.69) is 0 Å². The lowest BCUT2D eigenvalue weighted by molar-refractivity contribution is -0.349. The van der Waals surface area contributed by atoms with Gasteiger partial charge in [0.1, 0.15) is 23.9 Å². The highest BCUT2D eigenvalue weighted by Gasteiger charge is 2.50. The summed E-state index contributed by atoms with van der Waals surface area (Å²) in [4.78, 5) is 24.7. The van der Waals surface area contributed by atoms with Gasteiger partial charge in [-0.25, -0.2) is 18.3 Å². The number of aromatic nitrogens is 2. The van der Waals surface area contributed by atoms with E-state index in [-0.39, 0.29) is 30.8 Å². The van der Waals surface area contributed by atoms with Crippen LogP contribution in [-0.2, 0) is 25.0 Å². The van der Waals surface area contributed by atoms with Crippen molar-refractivity contribution < 1.29 is 41.9 Å². The predicted octanol–water partition coefficient (Wildman–Crippen LogP) is 0.865. The van der Waals surface area contributed by atoms with Crippen molar-refractivity contribution in [2.24, 2.45) is 0 Å². The normalized spacial score (nSPS) is 26.3. The zero-order chi connectivity index (χ0) is 21.7. The van der Waals surface area contributed by atoms with E-state index in [1.165, 1.54) is 6.07 Å². The largest absolute Gasteiger partial charge is 0.534 e. The summed E-state index contributed by atoms with van der Waals surface area (Å²) >= 11 is 0. The molecule has 2 aromatic rings. The third kappa shape index (κ3) is 3.95. The smallest absolute Gasteiger partial charge is 0.404 e. The molecule has 2 aliphatic heterocycles. The van der Waals surface area contributed by atoms with E-state index < -0.39 is 49.0 Å². The Morgan fingerprint density at radius 1 is 1.27 bits per heavy atom. The van der Waals surface area contributed by atoms with Crippen LogP contribution in [0.2, 0.25) is 0 Å². The minimum Gasteiger partial charge on any atom is -0.404 e. The van der Waals surface area contributed by atoms with E-state index >= 15 is 0 Å². The van der Waals surface area contributed by atoms with Crippen molar-refractivity contribution in [3.05, 3.63) is 62.4 Å². The lowest BCUT2D eigenvalue weighted by atomic mass is 10.2. The maximum atomic E-state index is 13.5. The van der Waals surface area contributed by atoms with Gasteiger partial charge in [0.15, 0.2) is 0 Å². The molecule has 0 amide bonds. The number of H-pyrrole nitrogens is 1. The Labute approximate surface area is 166 Å². The minimum atomic E-state index is -4.53. The second kappa shape index (κ2) is 7.38. The van der Waals surface area contributed by atoms with Crippen LogP contribution in [-0.4, -0.2) is 31.8 Å². The molecule has 3 N–H and O–H groups in total. The van der Waals surface area contributed by atoms with E-state index in [0.29, 0.717) is 6.20 Å². The van der Waals surface area contributed by atoms with Gasteiger partial charge in [0.25, 0.3) is 5.56 Å². The van der Waals surface area contributed by atoms with E-state index in [4.69, 9.17) is 18.3 Å². The van der Waals surface area contributed by atoms with Gasteiger partial charge in [-0.05, 0) is 31.0 Å². The number of fused-ring (bicyclic) bond motifs is 1. The molecule has 0 bridgehead atoms. The standard InChI is InChI=1S/C16H15F2N2O9P/c17-9-1-2-11-8(5-9)7-26-30(25,28-11)29-16(23,24)12-3-4-13(27-12)20-6-10(18)14(21)19-15(20)22/h1-2,5-6,12-13,23-24H,3-4,7H2,(H,19,21,22). The number of benzene rings is 1. The van der Waals surface area contributed by atoms with Crippen LogP contribution in [0.25, 0.3) is 0 Å². The van der Waals surface area contributed by atoms with Gasteiger partial charge < -0.3 is 19.5 Å². The number of phosphoric acid groups is 1. The number of aliphatic hydroxyl groups is 2. The maximum absolute atomic E-state index is 13.5. The molecule has 162 valence electrons. The minimum absolute atomic E-state index is 0.0103. The fourth-order valence-corrected chi connectivity index (χ4v) is 4.39. The molecular weight excluding hydrogens is 433 g/mol. The van der Waals surface area contributed by atoms with Crippen LogP contribution in [0.1, 0.15) is 24.6 Å². The summed E-state index contributed by atoms with van der Waals surface area (Å²) in [5, 5.41) is 20.5. The van der Waals surface area contributed by atoms with Crippen LogP contribution >= 0.6 is 7.82 Å². The summed E-state index contributed by atoms with van der Waals surface area (Å²) in [7, 11) is -4.53.